The summed E-state index contributed by atoms with van der Waals surface area (Å²) in [6.45, 7) is 2.40. The molecule has 2 aromatic heterocycles. The highest BCUT2D eigenvalue weighted by Gasteiger charge is 2.34. The van der Waals surface area contributed by atoms with Crippen molar-refractivity contribution in [2.45, 2.75) is 25.8 Å². The van der Waals surface area contributed by atoms with Crippen LogP contribution in [0.1, 0.15) is 40.6 Å². The quantitative estimate of drug-likeness (QED) is 0.616. The summed E-state index contributed by atoms with van der Waals surface area (Å²) in [5.74, 6) is 0.316. The molecule has 156 valence electrons. The number of aromatic nitrogens is 3. The number of amides is 1. The predicted molar refractivity (Wildman–Crippen MR) is 111 cm³/mol. The smallest absolute Gasteiger partial charge is 0.254 e. The Morgan fingerprint density at radius 2 is 2.13 bits per heavy atom. The summed E-state index contributed by atoms with van der Waals surface area (Å²) in [5, 5.41) is 3.89. The Morgan fingerprint density at radius 3 is 2.80 bits per heavy atom. The van der Waals surface area contributed by atoms with Crippen molar-refractivity contribution in [3.8, 4) is 11.3 Å². The van der Waals surface area contributed by atoms with Crippen LogP contribution in [-0.2, 0) is 0 Å². The predicted octanol–water partition coefficient (Wildman–Crippen LogP) is 4.28. The second-order valence-corrected chi connectivity index (χ2v) is 7.89. The van der Waals surface area contributed by atoms with Gasteiger partial charge in [-0.15, -0.1) is 0 Å². The summed E-state index contributed by atoms with van der Waals surface area (Å²) in [6, 6.07) is 5.56. The lowest BCUT2D eigenvalue weighted by Crippen LogP contribution is -2.31. The van der Waals surface area contributed by atoms with Crippen LogP contribution in [0, 0.1) is 12.7 Å². The summed E-state index contributed by atoms with van der Waals surface area (Å²) in [7, 11) is 3.71. The fourth-order valence-electron chi connectivity index (χ4n) is 3.62. The topological polar surface area (TPSA) is 75.4 Å². The number of carbonyl (C=O) groups is 1. The Balaban J connectivity index is 1.76. The van der Waals surface area contributed by atoms with Crippen LogP contribution < -0.4 is 4.90 Å². The highest BCUT2D eigenvalue weighted by molar-refractivity contribution is 6.31. The second-order valence-electron chi connectivity index (χ2n) is 7.48. The molecule has 0 bridgehead atoms. The molecular weight excluding hydrogens is 409 g/mol. The third-order valence-electron chi connectivity index (χ3n) is 5.09. The lowest BCUT2D eigenvalue weighted by Gasteiger charge is -2.26. The van der Waals surface area contributed by atoms with Gasteiger partial charge in [0.2, 0.25) is 5.95 Å². The van der Waals surface area contributed by atoms with Crippen LogP contribution in [0.15, 0.2) is 35.0 Å². The molecule has 9 heteroatoms. The molecule has 3 heterocycles. The first-order valence-corrected chi connectivity index (χ1v) is 9.97. The first-order chi connectivity index (χ1) is 14.3. The van der Waals surface area contributed by atoms with Crippen molar-refractivity contribution in [1.29, 1.82) is 0 Å². The molecule has 30 heavy (non-hydrogen) atoms. The van der Waals surface area contributed by atoms with Gasteiger partial charge >= 0.3 is 0 Å². The van der Waals surface area contributed by atoms with Gasteiger partial charge in [0.05, 0.1) is 28.0 Å². The number of hydrogen-bond acceptors (Lipinski definition) is 6. The molecule has 1 aromatic carbocycles. The molecule has 0 radical (unpaired) electrons. The van der Waals surface area contributed by atoms with Crippen molar-refractivity contribution in [2.75, 3.05) is 25.5 Å². The molecule has 1 fully saturated rings. The van der Waals surface area contributed by atoms with Gasteiger partial charge in [-0.1, -0.05) is 16.8 Å². The average molecular weight is 430 g/mol. The van der Waals surface area contributed by atoms with Crippen molar-refractivity contribution in [3.05, 3.63) is 58.3 Å². The zero-order valence-corrected chi connectivity index (χ0v) is 17.6. The molecular formula is C21H21ClFN5O2. The van der Waals surface area contributed by atoms with Crippen LogP contribution in [0.25, 0.3) is 11.3 Å². The van der Waals surface area contributed by atoms with Gasteiger partial charge in [-0.2, -0.15) is 0 Å². The number of halogens is 2. The zero-order chi connectivity index (χ0) is 21.4. The Kier molecular flexibility index (Phi) is 5.42. The molecule has 4 rings (SSSR count). The van der Waals surface area contributed by atoms with E-state index in [1.165, 1.54) is 18.2 Å². The highest BCUT2D eigenvalue weighted by atomic mass is 35.5. The van der Waals surface area contributed by atoms with E-state index in [9.17, 15) is 9.18 Å². The molecule has 7 nitrogen and oxygen atoms in total. The van der Waals surface area contributed by atoms with E-state index in [4.69, 9.17) is 21.1 Å². The summed E-state index contributed by atoms with van der Waals surface area (Å²) in [4.78, 5) is 25.9. The minimum Gasteiger partial charge on any atom is -0.356 e. The molecule has 1 aliphatic rings. The minimum absolute atomic E-state index is 0.0775. The third kappa shape index (κ3) is 3.75. The first kappa shape index (κ1) is 20.3. The van der Waals surface area contributed by atoms with Crippen molar-refractivity contribution >= 4 is 23.5 Å². The van der Waals surface area contributed by atoms with Gasteiger partial charge in [-0.05, 0) is 38.0 Å². The SMILES string of the molecule is Cc1cc(-c2cnc(N(C)C)nc2[C@H]2CCCN2C(=O)c2ccc(F)c(Cl)c2)on1. The summed E-state index contributed by atoms with van der Waals surface area (Å²) < 4.78 is 19.0. The van der Waals surface area contributed by atoms with Gasteiger partial charge in [0.15, 0.2) is 5.76 Å². The fourth-order valence-corrected chi connectivity index (χ4v) is 3.80. The van der Waals surface area contributed by atoms with Gasteiger partial charge in [0.1, 0.15) is 5.82 Å². The molecule has 0 aliphatic carbocycles. The van der Waals surface area contributed by atoms with E-state index in [-0.39, 0.29) is 17.0 Å². The number of benzene rings is 1. The molecule has 1 saturated heterocycles. The summed E-state index contributed by atoms with van der Waals surface area (Å²) in [6.07, 6.45) is 3.26. The van der Waals surface area contributed by atoms with Crippen molar-refractivity contribution in [3.63, 3.8) is 0 Å². The van der Waals surface area contributed by atoms with Gasteiger partial charge in [0, 0.05) is 38.5 Å². The molecule has 0 spiro atoms. The van der Waals surface area contributed by atoms with Crippen molar-refractivity contribution in [2.24, 2.45) is 0 Å². The lowest BCUT2D eigenvalue weighted by atomic mass is 10.0. The lowest BCUT2D eigenvalue weighted by molar-refractivity contribution is 0.0733. The van der Waals surface area contributed by atoms with Crippen LogP contribution in [0.4, 0.5) is 10.3 Å². The molecule has 0 N–H and O–H groups in total. The molecule has 1 amide bonds. The normalized spacial score (nSPS) is 16.2. The van der Waals surface area contributed by atoms with Gasteiger partial charge in [-0.3, -0.25) is 4.79 Å². The fraction of sp³-hybridized carbons (Fsp3) is 0.333. The molecule has 0 unspecified atom stereocenters. The number of anilines is 1. The number of carbonyl (C=O) groups excluding carboxylic acids is 1. The summed E-state index contributed by atoms with van der Waals surface area (Å²) in [5.41, 5.74) is 2.48. The average Bonchev–Trinajstić information content (AvgIpc) is 3.38. The molecule has 0 saturated carbocycles. The van der Waals surface area contributed by atoms with Crippen LogP contribution in [0.5, 0.6) is 0 Å². The van der Waals surface area contributed by atoms with Crippen LogP contribution >= 0.6 is 11.6 Å². The number of aryl methyl sites for hydroxylation is 1. The monoisotopic (exact) mass is 429 g/mol. The third-order valence-corrected chi connectivity index (χ3v) is 5.38. The van der Waals surface area contributed by atoms with E-state index in [1.807, 2.05) is 27.1 Å². The summed E-state index contributed by atoms with van der Waals surface area (Å²) >= 11 is 5.89. The standard InChI is InChI=1S/C21H21ClFN5O2/c1-12-9-18(30-26-12)14-11-24-21(27(2)3)25-19(14)17-5-4-8-28(17)20(29)13-6-7-16(23)15(22)10-13/h6-7,9-11,17H,4-5,8H2,1-3H3/t17-/m1/s1. The van der Waals surface area contributed by atoms with E-state index in [0.29, 0.717) is 35.1 Å². The second kappa shape index (κ2) is 8.02. The van der Waals surface area contributed by atoms with Crippen LogP contribution in [-0.4, -0.2) is 46.6 Å². The number of likely N-dealkylation sites (tertiary alicyclic amines) is 1. The van der Waals surface area contributed by atoms with Crippen molar-refractivity contribution in [1.82, 2.24) is 20.0 Å². The molecule has 1 aliphatic heterocycles. The first-order valence-electron chi connectivity index (χ1n) is 9.59. The Morgan fingerprint density at radius 1 is 1.33 bits per heavy atom. The number of nitrogens with zero attached hydrogens (tertiary/aromatic N) is 5. The van der Waals surface area contributed by atoms with E-state index >= 15 is 0 Å². The van der Waals surface area contributed by atoms with E-state index in [0.717, 1.165) is 18.5 Å². The Hall–Kier alpha value is -3.00. The van der Waals surface area contributed by atoms with E-state index in [2.05, 4.69) is 10.1 Å². The maximum absolute atomic E-state index is 13.5. The molecule has 3 aromatic rings. The maximum atomic E-state index is 13.5. The minimum atomic E-state index is -0.555. The van der Waals surface area contributed by atoms with E-state index in [1.54, 1.807) is 16.0 Å². The zero-order valence-electron chi connectivity index (χ0n) is 16.9. The molecule has 1 atom stereocenters. The van der Waals surface area contributed by atoms with Crippen molar-refractivity contribution < 1.29 is 13.7 Å². The Bertz CT molecular complexity index is 1100. The van der Waals surface area contributed by atoms with Gasteiger partial charge in [0.25, 0.3) is 5.91 Å². The number of hydrogen-bond donors (Lipinski definition) is 0. The van der Waals surface area contributed by atoms with Gasteiger partial charge < -0.3 is 14.3 Å². The van der Waals surface area contributed by atoms with Gasteiger partial charge in [-0.25, -0.2) is 14.4 Å². The highest BCUT2D eigenvalue weighted by Crippen LogP contribution is 2.38. The van der Waals surface area contributed by atoms with Crippen LogP contribution in [0.2, 0.25) is 5.02 Å². The van der Waals surface area contributed by atoms with Crippen LogP contribution in [0.3, 0.4) is 0 Å². The largest absolute Gasteiger partial charge is 0.356 e. The Labute approximate surface area is 178 Å². The maximum Gasteiger partial charge on any atom is 0.254 e. The van der Waals surface area contributed by atoms with E-state index < -0.39 is 5.82 Å². The number of rotatable bonds is 4.